The lowest BCUT2D eigenvalue weighted by Gasteiger charge is -2.24. The summed E-state index contributed by atoms with van der Waals surface area (Å²) in [5.41, 5.74) is 0.981. The molecular formula is C18H21F3N2O3. The van der Waals surface area contributed by atoms with E-state index in [1.807, 2.05) is 29.2 Å². The Morgan fingerprint density at radius 1 is 1.27 bits per heavy atom. The Kier molecular flexibility index (Phi) is 4.62. The molecule has 142 valence electrons. The normalized spacial score (nSPS) is 22.7. The van der Waals surface area contributed by atoms with Crippen LogP contribution in [0.15, 0.2) is 29.3 Å². The average molecular weight is 370 g/mol. The number of ether oxygens (including phenoxy) is 2. The molecule has 0 aliphatic carbocycles. The molecule has 1 aromatic carbocycles. The van der Waals surface area contributed by atoms with Crippen LogP contribution in [0.4, 0.5) is 18.9 Å². The fraction of sp³-hybridized carbons (Fsp3) is 0.556. The van der Waals surface area contributed by atoms with Crippen LogP contribution < -0.4 is 4.90 Å². The number of nitrogens with zero attached hydrogens (tertiary/aromatic N) is 2. The number of fused-ring (bicyclic) bond motifs is 1. The minimum absolute atomic E-state index is 0.0944. The third-order valence-corrected chi connectivity index (χ3v) is 4.11. The second-order valence-electron chi connectivity index (χ2n) is 7.45. The van der Waals surface area contributed by atoms with Crippen LogP contribution in [0.2, 0.25) is 0 Å². The predicted octanol–water partition coefficient (Wildman–Crippen LogP) is 3.12. The lowest BCUT2D eigenvalue weighted by atomic mass is 10.1. The summed E-state index contributed by atoms with van der Waals surface area (Å²) in [6.07, 6.45) is -5.08. The molecule has 2 aliphatic heterocycles. The summed E-state index contributed by atoms with van der Waals surface area (Å²) in [6, 6.07) is 6.75. The minimum Gasteiger partial charge on any atom is -0.467 e. The van der Waals surface area contributed by atoms with Gasteiger partial charge in [-0.15, -0.1) is 0 Å². The number of para-hydroxylation sites is 1. The van der Waals surface area contributed by atoms with Crippen LogP contribution in [-0.2, 0) is 20.7 Å². The molecule has 5 nitrogen and oxygen atoms in total. The lowest BCUT2D eigenvalue weighted by molar-refractivity contribution is -0.153. The van der Waals surface area contributed by atoms with E-state index in [4.69, 9.17) is 9.47 Å². The Hall–Kier alpha value is -2.25. The van der Waals surface area contributed by atoms with Gasteiger partial charge in [-0.1, -0.05) is 18.2 Å². The first-order valence-corrected chi connectivity index (χ1v) is 8.39. The number of halogens is 3. The Morgan fingerprint density at radius 3 is 2.58 bits per heavy atom. The standard InChI is InChI=1S/C18H21F3N2O3/c1-17(2,3)26-15(24)8-11-6-4-5-7-13(11)23-9-12-14(10-23)25-16(22-12)18(19,20)21/h4-7,12,14H,8-10H2,1-3H3/t12-,14+/m0/s1. The first kappa shape index (κ1) is 18.5. The van der Waals surface area contributed by atoms with Gasteiger partial charge in [-0.3, -0.25) is 4.79 Å². The third-order valence-electron chi connectivity index (χ3n) is 4.11. The second-order valence-corrected chi connectivity index (χ2v) is 7.45. The SMILES string of the molecule is CC(C)(C)OC(=O)Cc1ccccc1N1C[C@@H]2N=C(C(F)(F)F)O[C@@H]2C1. The molecule has 0 aromatic heterocycles. The van der Waals surface area contributed by atoms with Crippen molar-refractivity contribution in [2.75, 3.05) is 18.0 Å². The molecule has 0 bridgehead atoms. The Balaban J connectivity index is 1.72. The molecule has 8 heteroatoms. The molecule has 26 heavy (non-hydrogen) atoms. The molecule has 0 saturated carbocycles. The summed E-state index contributed by atoms with van der Waals surface area (Å²) >= 11 is 0. The zero-order valence-corrected chi connectivity index (χ0v) is 14.8. The molecule has 1 aromatic rings. The lowest BCUT2D eigenvalue weighted by Crippen LogP contribution is -2.30. The number of carbonyl (C=O) groups is 1. The van der Waals surface area contributed by atoms with Crippen molar-refractivity contribution in [1.82, 2.24) is 0 Å². The van der Waals surface area contributed by atoms with Crippen LogP contribution in [0.25, 0.3) is 0 Å². The molecule has 3 rings (SSSR count). The van der Waals surface area contributed by atoms with E-state index in [1.54, 1.807) is 20.8 Å². The molecule has 0 radical (unpaired) electrons. The van der Waals surface area contributed by atoms with Gasteiger partial charge in [0.05, 0.1) is 13.0 Å². The van der Waals surface area contributed by atoms with Gasteiger partial charge in [0.15, 0.2) is 0 Å². The molecule has 0 amide bonds. The Labute approximate surface area is 149 Å². The van der Waals surface area contributed by atoms with Gasteiger partial charge in [0, 0.05) is 12.2 Å². The highest BCUT2D eigenvalue weighted by molar-refractivity contribution is 5.84. The zero-order valence-electron chi connectivity index (χ0n) is 14.8. The van der Waals surface area contributed by atoms with Crippen molar-refractivity contribution in [2.24, 2.45) is 4.99 Å². The van der Waals surface area contributed by atoms with E-state index >= 15 is 0 Å². The van der Waals surface area contributed by atoms with E-state index in [-0.39, 0.29) is 12.4 Å². The van der Waals surface area contributed by atoms with Crippen LogP contribution in [0.1, 0.15) is 26.3 Å². The number of hydrogen-bond donors (Lipinski definition) is 0. The summed E-state index contributed by atoms with van der Waals surface area (Å²) in [4.78, 5) is 17.7. The molecule has 0 N–H and O–H groups in total. The van der Waals surface area contributed by atoms with E-state index in [9.17, 15) is 18.0 Å². The Bertz CT molecular complexity index is 725. The molecule has 1 saturated heterocycles. The van der Waals surface area contributed by atoms with Crippen molar-refractivity contribution in [2.45, 2.75) is 51.1 Å². The first-order valence-electron chi connectivity index (χ1n) is 8.39. The summed E-state index contributed by atoms with van der Waals surface area (Å²) in [7, 11) is 0. The minimum atomic E-state index is -4.55. The van der Waals surface area contributed by atoms with Crippen LogP contribution in [-0.4, -0.2) is 48.9 Å². The smallest absolute Gasteiger partial charge is 0.467 e. The zero-order chi connectivity index (χ0) is 19.1. The molecule has 2 atom stereocenters. The van der Waals surface area contributed by atoms with Gasteiger partial charge < -0.3 is 14.4 Å². The quantitative estimate of drug-likeness (QED) is 0.767. The van der Waals surface area contributed by atoms with Gasteiger partial charge in [-0.05, 0) is 32.4 Å². The topological polar surface area (TPSA) is 51.1 Å². The van der Waals surface area contributed by atoms with Crippen LogP contribution in [0.3, 0.4) is 0 Å². The first-order chi connectivity index (χ1) is 12.0. The van der Waals surface area contributed by atoms with Crippen molar-refractivity contribution in [3.05, 3.63) is 29.8 Å². The third kappa shape index (κ3) is 4.11. The number of aliphatic imine (C=N–C) groups is 1. The summed E-state index contributed by atoms with van der Waals surface area (Å²) < 4.78 is 48.5. The number of esters is 1. The number of rotatable bonds is 3. The van der Waals surface area contributed by atoms with Crippen LogP contribution >= 0.6 is 0 Å². The highest BCUT2D eigenvalue weighted by Crippen LogP contribution is 2.33. The number of anilines is 1. The maximum atomic E-state index is 12.7. The maximum absolute atomic E-state index is 12.7. The fourth-order valence-corrected chi connectivity index (χ4v) is 3.16. The van der Waals surface area contributed by atoms with E-state index < -0.39 is 29.8 Å². The number of hydrogen-bond acceptors (Lipinski definition) is 5. The highest BCUT2D eigenvalue weighted by Gasteiger charge is 2.49. The molecular weight excluding hydrogens is 349 g/mol. The fourth-order valence-electron chi connectivity index (χ4n) is 3.16. The summed E-state index contributed by atoms with van der Waals surface area (Å²) in [6.45, 7) is 6.00. The molecule has 2 aliphatic rings. The second kappa shape index (κ2) is 6.48. The van der Waals surface area contributed by atoms with Crippen molar-refractivity contribution >= 4 is 17.6 Å². The van der Waals surface area contributed by atoms with Gasteiger partial charge >= 0.3 is 12.1 Å². The molecule has 0 spiro atoms. The van der Waals surface area contributed by atoms with Crippen molar-refractivity contribution < 1.29 is 27.4 Å². The van der Waals surface area contributed by atoms with Gasteiger partial charge in [0.25, 0.3) is 5.90 Å². The molecule has 2 heterocycles. The average Bonchev–Trinajstić information content (AvgIpc) is 3.03. The van der Waals surface area contributed by atoms with E-state index in [2.05, 4.69) is 4.99 Å². The largest absolute Gasteiger partial charge is 0.468 e. The van der Waals surface area contributed by atoms with Crippen molar-refractivity contribution in [3.63, 3.8) is 0 Å². The van der Waals surface area contributed by atoms with E-state index in [0.29, 0.717) is 13.1 Å². The number of benzene rings is 1. The van der Waals surface area contributed by atoms with Gasteiger partial charge in [-0.2, -0.15) is 13.2 Å². The summed E-state index contributed by atoms with van der Waals surface area (Å²) in [5, 5.41) is 0. The summed E-state index contributed by atoms with van der Waals surface area (Å²) in [5.74, 6) is -1.49. The van der Waals surface area contributed by atoms with Gasteiger partial charge in [0.1, 0.15) is 17.7 Å². The Morgan fingerprint density at radius 2 is 1.96 bits per heavy atom. The number of carbonyl (C=O) groups excluding carboxylic acids is 1. The van der Waals surface area contributed by atoms with Crippen LogP contribution in [0, 0.1) is 0 Å². The van der Waals surface area contributed by atoms with Crippen LogP contribution in [0.5, 0.6) is 0 Å². The van der Waals surface area contributed by atoms with Gasteiger partial charge in [0.2, 0.25) is 0 Å². The predicted molar refractivity (Wildman–Crippen MR) is 90.4 cm³/mol. The van der Waals surface area contributed by atoms with Crippen molar-refractivity contribution in [3.8, 4) is 0 Å². The highest BCUT2D eigenvalue weighted by atomic mass is 19.4. The van der Waals surface area contributed by atoms with E-state index in [0.717, 1.165) is 11.3 Å². The van der Waals surface area contributed by atoms with Gasteiger partial charge in [-0.25, -0.2) is 4.99 Å². The molecule has 0 unspecified atom stereocenters. The van der Waals surface area contributed by atoms with Crippen molar-refractivity contribution in [1.29, 1.82) is 0 Å². The maximum Gasteiger partial charge on any atom is 0.468 e. The molecule has 1 fully saturated rings. The monoisotopic (exact) mass is 370 g/mol. The van der Waals surface area contributed by atoms with E-state index in [1.165, 1.54) is 0 Å². The number of alkyl halides is 3.